The van der Waals surface area contributed by atoms with Crippen molar-refractivity contribution in [1.29, 1.82) is 0 Å². The van der Waals surface area contributed by atoms with Crippen LogP contribution in [0, 0.1) is 10.1 Å². The molecule has 0 saturated carbocycles. The number of quaternary nitrogens is 1. The maximum Gasteiger partial charge on any atom is 0.279 e. The van der Waals surface area contributed by atoms with Gasteiger partial charge >= 0.3 is 0 Å². The summed E-state index contributed by atoms with van der Waals surface area (Å²) in [5.74, 6) is 0.265. The molecule has 7 nitrogen and oxygen atoms in total. The number of carbonyl (C=O) groups excluding carboxylic acids is 1. The fraction of sp³-hybridized carbons (Fsp3) is 0.462. The molecule has 1 aromatic carbocycles. The second kappa shape index (κ2) is 6.33. The van der Waals surface area contributed by atoms with Crippen molar-refractivity contribution >= 4 is 17.3 Å². The predicted molar refractivity (Wildman–Crippen MR) is 73.1 cm³/mol. The van der Waals surface area contributed by atoms with Gasteiger partial charge in [0.25, 0.3) is 11.6 Å². The van der Waals surface area contributed by atoms with Crippen LogP contribution in [-0.2, 0) is 4.79 Å². The Labute approximate surface area is 116 Å². The van der Waals surface area contributed by atoms with Gasteiger partial charge < -0.3 is 15.0 Å². The van der Waals surface area contributed by atoms with Crippen molar-refractivity contribution in [3.8, 4) is 5.75 Å². The van der Waals surface area contributed by atoms with E-state index in [2.05, 4.69) is 5.32 Å². The third-order valence-electron chi connectivity index (χ3n) is 3.39. The van der Waals surface area contributed by atoms with Crippen LogP contribution in [0.3, 0.4) is 0 Å². The van der Waals surface area contributed by atoms with E-state index in [0.29, 0.717) is 18.0 Å². The molecule has 1 aliphatic heterocycles. The van der Waals surface area contributed by atoms with E-state index in [4.69, 9.17) is 4.74 Å². The van der Waals surface area contributed by atoms with Gasteiger partial charge in [-0.1, -0.05) is 0 Å². The van der Waals surface area contributed by atoms with Gasteiger partial charge in [0.05, 0.1) is 30.8 Å². The molecule has 2 N–H and O–H groups in total. The van der Waals surface area contributed by atoms with Crippen LogP contribution in [0.1, 0.15) is 12.8 Å². The quantitative estimate of drug-likeness (QED) is 0.597. The van der Waals surface area contributed by atoms with Crippen LogP contribution in [-0.4, -0.2) is 37.6 Å². The molecule has 1 aliphatic rings. The van der Waals surface area contributed by atoms with E-state index in [-0.39, 0.29) is 11.6 Å². The molecular formula is C13H18N3O4+. The van der Waals surface area contributed by atoms with Gasteiger partial charge in [0.2, 0.25) is 0 Å². The number of nitrogens with one attached hydrogen (secondary N) is 2. The van der Waals surface area contributed by atoms with Crippen LogP contribution in [0.25, 0.3) is 0 Å². The van der Waals surface area contributed by atoms with Crippen molar-refractivity contribution in [3.63, 3.8) is 0 Å². The zero-order valence-corrected chi connectivity index (χ0v) is 11.3. The van der Waals surface area contributed by atoms with E-state index in [1.54, 1.807) is 0 Å². The normalized spacial score (nSPS) is 15.1. The van der Waals surface area contributed by atoms with Gasteiger partial charge in [-0.25, -0.2) is 0 Å². The van der Waals surface area contributed by atoms with Crippen molar-refractivity contribution in [2.75, 3.05) is 32.1 Å². The number of likely N-dealkylation sites (tertiary alicyclic amines) is 1. The predicted octanol–water partition coefficient (Wildman–Crippen LogP) is 0.221. The van der Waals surface area contributed by atoms with E-state index in [0.717, 1.165) is 25.9 Å². The molecule has 1 fully saturated rings. The number of amides is 1. The lowest BCUT2D eigenvalue weighted by atomic mass is 10.2. The Bertz CT molecular complexity index is 512. The van der Waals surface area contributed by atoms with Gasteiger partial charge in [0.1, 0.15) is 5.75 Å². The molecule has 1 saturated heterocycles. The first kappa shape index (κ1) is 14.3. The molecule has 0 bridgehead atoms. The average Bonchev–Trinajstić information content (AvgIpc) is 2.91. The van der Waals surface area contributed by atoms with Crippen molar-refractivity contribution in [2.24, 2.45) is 0 Å². The smallest absolute Gasteiger partial charge is 0.279 e. The second-order valence-electron chi connectivity index (χ2n) is 4.82. The van der Waals surface area contributed by atoms with Crippen molar-refractivity contribution in [3.05, 3.63) is 28.3 Å². The first-order chi connectivity index (χ1) is 9.60. The summed E-state index contributed by atoms with van der Waals surface area (Å²) < 4.78 is 5.11. The van der Waals surface area contributed by atoms with E-state index >= 15 is 0 Å². The number of methoxy groups -OCH3 is 1. The molecule has 20 heavy (non-hydrogen) atoms. The van der Waals surface area contributed by atoms with Crippen LogP contribution >= 0.6 is 0 Å². The SMILES string of the molecule is COc1ccc([N+](=O)[O-])cc1NC(=O)C[NH+]1CCCC1. The largest absolute Gasteiger partial charge is 0.495 e. The number of rotatable bonds is 5. The molecular weight excluding hydrogens is 262 g/mol. The minimum atomic E-state index is -0.499. The first-order valence-electron chi connectivity index (χ1n) is 6.56. The first-order valence-corrected chi connectivity index (χ1v) is 6.56. The fourth-order valence-corrected chi connectivity index (χ4v) is 2.38. The summed E-state index contributed by atoms with van der Waals surface area (Å²) in [6.07, 6.45) is 2.28. The number of nitro benzene ring substituents is 1. The van der Waals surface area contributed by atoms with Gasteiger partial charge in [-0.05, 0) is 6.07 Å². The number of hydrogen-bond acceptors (Lipinski definition) is 4. The third-order valence-corrected chi connectivity index (χ3v) is 3.39. The number of nitro groups is 1. The molecule has 1 heterocycles. The van der Waals surface area contributed by atoms with Crippen molar-refractivity contribution in [1.82, 2.24) is 0 Å². The summed E-state index contributed by atoms with van der Waals surface area (Å²) >= 11 is 0. The monoisotopic (exact) mass is 280 g/mol. The summed E-state index contributed by atoms with van der Waals surface area (Å²) in [5.41, 5.74) is 0.264. The number of ether oxygens (including phenoxy) is 1. The Hall–Kier alpha value is -2.15. The molecule has 0 spiro atoms. The zero-order valence-electron chi connectivity index (χ0n) is 11.3. The number of non-ortho nitro benzene ring substituents is 1. The molecule has 0 radical (unpaired) electrons. The third kappa shape index (κ3) is 3.45. The number of carbonyl (C=O) groups is 1. The van der Waals surface area contributed by atoms with Gasteiger partial charge in [0.15, 0.2) is 6.54 Å². The van der Waals surface area contributed by atoms with Gasteiger partial charge in [-0.3, -0.25) is 14.9 Å². The van der Waals surface area contributed by atoms with Crippen LogP contribution in [0.5, 0.6) is 5.75 Å². The summed E-state index contributed by atoms with van der Waals surface area (Å²) in [4.78, 5) is 23.5. The molecule has 1 aromatic rings. The fourth-order valence-electron chi connectivity index (χ4n) is 2.38. The second-order valence-corrected chi connectivity index (χ2v) is 4.82. The maximum atomic E-state index is 12.0. The molecule has 7 heteroatoms. The summed E-state index contributed by atoms with van der Waals surface area (Å²) in [6, 6.07) is 4.15. The van der Waals surface area contributed by atoms with Gasteiger partial charge in [-0.15, -0.1) is 0 Å². The average molecular weight is 280 g/mol. The van der Waals surface area contributed by atoms with Crippen LogP contribution in [0.4, 0.5) is 11.4 Å². The molecule has 0 unspecified atom stereocenters. The molecule has 0 aromatic heterocycles. The molecule has 0 aliphatic carbocycles. The van der Waals surface area contributed by atoms with Crippen molar-refractivity contribution in [2.45, 2.75) is 12.8 Å². The van der Waals surface area contributed by atoms with Crippen LogP contribution in [0.2, 0.25) is 0 Å². The Morgan fingerprint density at radius 3 is 2.75 bits per heavy atom. The minimum Gasteiger partial charge on any atom is -0.495 e. The lowest BCUT2D eigenvalue weighted by Crippen LogP contribution is -3.11. The van der Waals surface area contributed by atoms with Crippen LogP contribution < -0.4 is 15.0 Å². The van der Waals surface area contributed by atoms with E-state index < -0.39 is 4.92 Å². The summed E-state index contributed by atoms with van der Waals surface area (Å²) in [7, 11) is 1.46. The number of benzene rings is 1. The highest BCUT2D eigenvalue weighted by molar-refractivity contribution is 5.93. The van der Waals surface area contributed by atoms with E-state index in [9.17, 15) is 14.9 Å². The summed E-state index contributed by atoms with van der Waals surface area (Å²) in [5, 5.41) is 13.5. The lowest BCUT2D eigenvalue weighted by Gasteiger charge is -2.13. The number of hydrogen-bond donors (Lipinski definition) is 2. The van der Waals surface area contributed by atoms with Gasteiger partial charge in [-0.2, -0.15) is 0 Å². The zero-order chi connectivity index (χ0) is 14.5. The maximum absolute atomic E-state index is 12.0. The van der Waals surface area contributed by atoms with E-state index in [1.807, 2.05) is 0 Å². The highest BCUT2D eigenvalue weighted by atomic mass is 16.6. The Kier molecular flexibility index (Phi) is 4.52. The molecule has 2 rings (SSSR count). The number of anilines is 1. The molecule has 0 atom stereocenters. The molecule has 108 valence electrons. The topological polar surface area (TPSA) is 85.9 Å². The number of nitrogens with zero attached hydrogens (tertiary/aromatic N) is 1. The van der Waals surface area contributed by atoms with E-state index in [1.165, 1.54) is 30.2 Å². The van der Waals surface area contributed by atoms with Crippen molar-refractivity contribution < 1.29 is 19.4 Å². The minimum absolute atomic E-state index is 0.0744. The Balaban J connectivity index is 2.07. The van der Waals surface area contributed by atoms with Crippen LogP contribution in [0.15, 0.2) is 18.2 Å². The highest BCUT2D eigenvalue weighted by Gasteiger charge is 2.20. The standard InChI is InChI=1S/C13H17N3O4/c1-20-12-5-4-10(16(18)19)8-11(12)14-13(17)9-15-6-2-3-7-15/h4-5,8H,2-3,6-7,9H2,1H3,(H,14,17)/p+1. The Morgan fingerprint density at radius 2 is 2.15 bits per heavy atom. The Morgan fingerprint density at radius 1 is 1.45 bits per heavy atom. The van der Waals surface area contributed by atoms with Gasteiger partial charge in [0, 0.05) is 25.0 Å². The highest BCUT2D eigenvalue weighted by Crippen LogP contribution is 2.28. The lowest BCUT2D eigenvalue weighted by molar-refractivity contribution is -0.878. The molecule has 1 amide bonds. The summed E-state index contributed by atoms with van der Waals surface area (Å²) in [6.45, 7) is 2.38.